The van der Waals surface area contributed by atoms with Crippen molar-refractivity contribution in [1.82, 2.24) is 0 Å². The van der Waals surface area contributed by atoms with Gasteiger partial charge in [-0.1, -0.05) is 0 Å². The topological polar surface area (TPSA) is 26.3 Å². The van der Waals surface area contributed by atoms with Crippen LogP contribution in [0.3, 0.4) is 0 Å². The second-order valence-corrected chi connectivity index (χ2v) is 2.72. The first-order chi connectivity index (χ1) is 5.31. The Morgan fingerprint density at radius 2 is 2.09 bits per heavy atom. The van der Waals surface area contributed by atoms with E-state index in [0.717, 1.165) is 6.42 Å². The molecule has 0 radical (unpaired) electrons. The van der Waals surface area contributed by atoms with Gasteiger partial charge in [-0.25, -0.2) is 0 Å². The van der Waals surface area contributed by atoms with Gasteiger partial charge in [0.2, 0.25) is 0 Å². The minimum atomic E-state index is -0.339. The fraction of sp³-hybridized carbons (Fsp3) is 0.222. The fourth-order valence-electron chi connectivity index (χ4n) is 1.23. The Hall–Kier alpha value is -1.31. The van der Waals surface area contributed by atoms with Gasteiger partial charge in [-0.3, -0.25) is 4.79 Å². The smallest absolute Gasteiger partial charge is 0.178 e. The van der Waals surface area contributed by atoms with Gasteiger partial charge in [0.1, 0.15) is 5.60 Å². The normalized spacial score (nSPS) is 24.5. The molecule has 1 heterocycles. The number of ketones is 1. The molecule has 0 saturated heterocycles. The molecule has 1 aliphatic heterocycles. The molecule has 2 rings (SSSR count). The summed E-state index contributed by atoms with van der Waals surface area (Å²) in [5, 5.41) is 0. The summed E-state index contributed by atoms with van der Waals surface area (Å²) in [6, 6.07) is 0. The molecule has 0 aromatic rings. The molecule has 2 heteroatoms. The number of hydrogen-bond acceptors (Lipinski definition) is 2. The molecule has 0 aromatic heterocycles. The predicted molar refractivity (Wildman–Crippen MR) is 40.9 cm³/mol. The molecular formula is C9H8O2. The number of hydrogen-bond donors (Lipinski definition) is 0. The van der Waals surface area contributed by atoms with Crippen LogP contribution in [0.1, 0.15) is 6.42 Å². The van der Waals surface area contributed by atoms with E-state index in [1.807, 2.05) is 6.08 Å². The molecule has 0 atom stereocenters. The molecule has 0 N–H and O–H groups in total. The average molecular weight is 148 g/mol. The van der Waals surface area contributed by atoms with Gasteiger partial charge in [0.15, 0.2) is 5.78 Å². The standard InChI is InChI=1S/C9H8O2/c10-8-2-5-9(6-3-8)4-1-7-11-9/h1-3,5-7H,4H2. The predicted octanol–water partition coefficient (Wildman–Crippen LogP) is 1.35. The average Bonchev–Trinajstić information content (AvgIpc) is 2.45. The van der Waals surface area contributed by atoms with Crippen LogP contribution in [0.5, 0.6) is 0 Å². The zero-order valence-electron chi connectivity index (χ0n) is 5.99. The van der Waals surface area contributed by atoms with Gasteiger partial charge in [0.25, 0.3) is 0 Å². The van der Waals surface area contributed by atoms with Crippen molar-refractivity contribution in [1.29, 1.82) is 0 Å². The summed E-state index contributed by atoms with van der Waals surface area (Å²) in [5.74, 6) is 0.0334. The maximum atomic E-state index is 10.8. The van der Waals surface area contributed by atoms with Gasteiger partial charge in [-0.2, -0.15) is 0 Å². The molecule has 0 fully saturated rings. The van der Waals surface area contributed by atoms with Gasteiger partial charge < -0.3 is 4.74 Å². The summed E-state index contributed by atoms with van der Waals surface area (Å²) in [6.45, 7) is 0. The highest BCUT2D eigenvalue weighted by molar-refractivity contribution is 6.00. The van der Waals surface area contributed by atoms with Crippen molar-refractivity contribution in [2.24, 2.45) is 0 Å². The molecule has 56 valence electrons. The molecule has 0 amide bonds. The number of allylic oxidation sites excluding steroid dienone is 2. The zero-order valence-corrected chi connectivity index (χ0v) is 5.99. The Morgan fingerprint density at radius 1 is 1.36 bits per heavy atom. The second-order valence-electron chi connectivity index (χ2n) is 2.72. The number of rotatable bonds is 0. The van der Waals surface area contributed by atoms with Crippen LogP contribution in [-0.4, -0.2) is 11.4 Å². The highest BCUT2D eigenvalue weighted by atomic mass is 16.5. The molecule has 0 saturated carbocycles. The van der Waals surface area contributed by atoms with Crippen LogP contribution in [0.2, 0.25) is 0 Å². The number of carbonyl (C=O) groups is 1. The molecule has 0 unspecified atom stereocenters. The molecule has 11 heavy (non-hydrogen) atoms. The van der Waals surface area contributed by atoms with E-state index in [4.69, 9.17) is 4.74 Å². The summed E-state index contributed by atoms with van der Waals surface area (Å²) < 4.78 is 5.32. The zero-order chi connectivity index (χ0) is 7.73. The molecule has 0 aromatic carbocycles. The van der Waals surface area contributed by atoms with E-state index in [9.17, 15) is 4.79 Å². The summed E-state index contributed by atoms with van der Waals surface area (Å²) in [4.78, 5) is 10.8. The van der Waals surface area contributed by atoms with Gasteiger partial charge in [0, 0.05) is 6.42 Å². The second kappa shape index (κ2) is 2.09. The maximum Gasteiger partial charge on any atom is 0.178 e. The van der Waals surface area contributed by atoms with E-state index in [1.165, 1.54) is 0 Å². The van der Waals surface area contributed by atoms with Gasteiger partial charge in [-0.15, -0.1) is 0 Å². The van der Waals surface area contributed by atoms with Crippen LogP contribution in [0.15, 0.2) is 36.6 Å². The summed E-state index contributed by atoms with van der Waals surface area (Å²) >= 11 is 0. The Balaban J connectivity index is 2.24. The van der Waals surface area contributed by atoms with E-state index in [0.29, 0.717) is 0 Å². The highest BCUT2D eigenvalue weighted by Gasteiger charge is 2.28. The first-order valence-electron chi connectivity index (χ1n) is 3.56. The van der Waals surface area contributed by atoms with Crippen LogP contribution in [0, 0.1) is 0 Å². The van der Waals surface area contributed by atoms with Crippen molar-refractivity contribution >= 4 is 5.78 Å². The first-order valence-corrected chi connectivity index (χ1v) is 3.56. The quantitative estimate of drug-likeness (QED) is 0.518. The summed E-state index contributed by atoms with van der Waals surface area (Å²) in [7, 11) is 0. The third-order valence-electron chi connectivity index (χ3n) is 1.88. The molecule has 2 nitrogen and oxygen atoms in total. The maximum absolute atomic E-state index is 10.8. The van der Waals surface area contributed by atoms with Crippen LogP contribution >= 0.6 is 0 Å². The highest BCUT2D eigenvalue weighted by Crippen LogP contribution is 2.28. The lowest BCUT2D eigenvalue weighted by molar-refractivity contribution is -0.110. The Bertz CT molecular complexity index is 245. The van der Waals surface area contributed by atoms with E-state index < -0.39 is 0 Å². The first kappa shape index (κ1) is 6.40. The Labute approximate surface area is 64.9 Å². The van der Waals surface area contributed by atoms with Crippen molar-refractivity contribution in [3.05, 3.63) is 36.6 Å². The molecule has 1 aliphatic carbocycles. The van der Waals surface area contributed by atoms with Gasteiger partial charge in [-0.05, 0) is 30.4 Å². The Kier molecular flexibility index (Phi) is 1.22. The van der Waals surface area contributed by atoms with Crippen LogP contribution in [0.25, 0.3) is 0 Å². The third-order valence-corrected chi connectivity index (χ3v) is 1.88. The van der Waals surface area contributed by atoms with Crippen LogP contribution < -0.4 is 0 Å². The van der Waals surface area contributed by atoms with Crippen molar-refractivity contribution in [3.8, 4) is 0 Å². The number of ether oxygens (including phenoxy) is 1. The van der Waals surface area contributed by atoms with Crippen LogP contribution in [0.4, 0.5) is 0 Å². The van der Waals surface area contributed by atoms with Crippen molar-refractivity contribution < 1.29 is 9.53 Å². The Morgan fingerprint density at radius 3 is 2.64 bits per heavy atom. The SMILES string of the molecule is O=C1C=CC2(C=C1)CC=CO2. The molecule has 0 bridgehead atoms. The summed E-state index contributed by atoms with van der Waals surface area (Å²) in [6.07, 6.45) is 11.1. The van der Waals surface area contributed by atoms with Crippen molar-refractivity contribution in [2.75, 3.05) is 0 Å². The molecule has 2 aliphatic rings. The summed E-state index contributed by atoms with van der Waals surface area (Å²) in [5.41, 5.74) is -0.339. The number of carbonyl (C=O) groups excluding carboxylic acids is 1. The lowest BCUT2D eigenvalue weighted by atomic mass is 9.95. The minimum Gasteiger partial charge on any atom is -0.487 e. The fourth-order valence-corrected chi connectivity index (χ4v) is 1.23. The lowest BCUT2D eigenvalue weighted by Crippen LogP contribution is -2.24. The van der Waals surface area contributed by atoms with E-state index >= 15 is 0 Å². The lowest BCUT2D eigenvalue weighted by Gasteiger charge is -2.22. The van der Waals surface area contributed by atoms with E-state index in [1.54, 1.807) is 30.6 Å². The van der Waals surface area contributed by atoms with Crippen molar-refractivity contribution in [2.45, 2.75) is 12.0 Å². The largest absolute Gasteiger partial charge is 0.487 e. The van der Waals surface area contributed by atoms with E-state index in [-0.39, 0.29) is 11.4 Å². The van der Waals surface area contributed by atoms with Crippen LogP contribution in [-0.2, 0) is 9.53 Å². The molecule has 1 spiro atoms. The monoisotopic (exact) mass is 148 g/mol. The van der Waals surface area contributed by atoms with Gasteiger partial charge >= 0.3 is 0 Å². The van der Waals surface area contributed by atoms with E-state index in [2.05, 4.69) is 0 Å². The minimum absolute atomic E-state index is 0.0334. The molecular weight excluding hydrogens is 140 g/mol. The van der Waals surface area contributed by atoms with Crippen molar-refractivity contribution in [3.63, 3.8) is 0 Å². The third kappa shape index (κ3) is 1.00. The van der Waals surface area contributed by atoms with Gasteiger partial charge in [0.05, 0.1) is 6.26 Å².